The average Bonchev–Trinajstić information content (AvgIpc) is 2.23. The van der Waals surface area contributed by atoms with Gasteiger partial charge in [-0.05, 0) is 24.9 Å². The molecule has 1 nitrogen and oxygen atoms in total. The summed E-state index contributed by atoms with van der Waals surface area (Å²) in [4.78, 5) is 0. The van der Waals surface area contributed by atoms with Gasteiger partial charge >= 0.3 is 0 Å². The number of hydrogen-bond acceptors (Lipinski definition) is 1. The third-order valence-electron chi connectivity index (χ3n) is 2.95. The molecule has 0 bridgehead atoms. The van der Waals surface area contributed by atoms with E-state index in [9.17, 15) is 8.78 Å². The SMILES string of the molecule is Cl.FC1(F)CNCCC1Cc1ccccc1. The first-order chi connectivity index (χ1) is 7.18. The topological polar surface area (TPSA) is 12.0 Å². The first kappa shape index (κ1) is 13.4. The van der Waals surface area contributed by atoms with Gasteiger partial charge in [-0.15, -0.1) is 12.4 Å². The molecule has 2 rings (SSSR count). The van der Waals surface area contributed by atoms with E-state index < -0.39 is 11.8 Å². The molecular formula is C12H16ClF2N. The Kier molecular flexibility index (Phi) is 4.69. The van der Waals surface area contributed by atoms with E-state index in [1.54, 1.807) is 0 Å². The predicted molar refractivity (Wildman–Crippen MR) is 63.3 cm³/mol. The van der Waals surface area contributed by atoms with E-state index in [-0.39, 0.29) is 19.0 Å². The lowest BCUT2D eigenvalue weighted by atomic mass is 9.88. The number of piperidine rings is 1. The second kappa shape index (κ2) is 5.60. The maximum absolute atomic E-state index is 13.5. The van der Waals surface area contributed by atoms with Crippen molar-refractivity contribution in [2.45, 2.75) is 18.8 Å². The lowest BCUT2D eigenvalue weighted by molar-refractivity contribution is -0.0727. The maximum Gasteiger partial charge on any atom is 0.263 e. The maximum atomic E-state index is 13.5. The fourth-order valence-electron chi connectivity index (χ4n) is 2.04. The number of nitrogens with one attached hydrogen (secondary N) is 1. The summed E-state index contributed by atoms with van der Waals surface area (Å²) < 4.78 is 27.0. The monoisotopic (exact) mass is 247 g/mol. The van der Waals surface area contributed by atoms with Crippen molar-refractivity contribution in [3.8, 4) is 0 Å². The summed E-state index contributed by atoms with van der Waals surface area (Å²) in [6, 6.07) is 9.53. The van der Waals surface area contributed by atoms with Crippen molar-refractivity contribution < 1.29 is 8.78 Å². The highest BCUT2D eigenvalue weighted by molar-refractivity contribution is 5.85. The summed E-state index contributed by atoms with van der Waals surface area (Å²) in [6.07, 6.45) is 1.04. The van der Waals surface area contributed by atoms with Crippen LogP contribution in [0.1, 0.15) is 12.0 Å². The molecular weight excluding hydrogens is 232 g/mol. The fourth-order valence-corrected chi connectivity index (χ4v) is 2.04. The number of hydrogen-bond donors (Lipinski definition) is 1. The van der Waals surface area contributed by atoms with E-state index >= 15 is 0 Å². The molecule has 1 aromatic carbocycles. The van der Waals surface area contributed by atoms with Gasteiger partial charge in [-0.1, -0.05) is 30.3 Å². The largest absolute Gasteiger partial charge is 0.311 e. The molecule has 16 heavy (non-hydrogen) atoms. The van der Waals surface area contributed by atoms with Crippen molar-refractivity contribution >= 4 is 12.4 Å². The highest BCUT2D eigenvalue weighted by Gasteiger charge is 2.41. The van der Waals surface area contributed by atoms with E-state index in [1.165, 1.54) is 0 Å². The quantitative estimate of drug-likeness (QED) is 0.848. The van der Waals surface area contributed by atoms with Gasteiger partial charge in [0.25, 0.3) is 5.92 Å². The van der Waals surface area contributed by atoms with Gasteiger partial charge in [-0.25, -0.2) is 8.78 Å². The Morgan fingerprint density at radius 1 is 1.25 bits per heavy atom. The molecule has 0 spiro atoms. The molecule has 1 heterocycles. The molecule has 1 N–H and O–H groups in total. The van der Waals surface area contributed by atoms with Gasteiger partial charge < -0.3 is 5.32 Å². The zero-order valence-electron chi connectivity index (χ0n) is 8.96. The summed E-state index contributed by atoms with van der Waals surface area (Å²) >= 11 is 0. The summed E-state index contributed by atoms with van der Waals surface area (Å²) in [5.74, 6) is -3.07. The molecule has 1 aromatic rings. The minimum Gasteiger partial charge on any atom is -0.311 e. The van der Waals surface area contributed by atoms with Crippen LogP contribution in [0, 0.1) is 5.92 Å². The van der Waals surface area contributed by atoms with Gasteiger partial charge in [0, 0.05) is 5.92 Å². The first-order valence-electron chi connectivity index (χ1n) is 5.31. The number of rotatable bonds is 2. The predicted octanol–water partition coefficient (Wildman–Crippen LogP) is 2.90. The Morgan fingerprint density at radius 3 is 2.56 bits per heavy atom. The van der Waals surface area contributed by atoms with E-state index in [1.807, 2.05) is 30.3 Å². The van der Waals surface area contributed by atoms with Gasteiger partial charge in [-0.3, -0.25) is 0 Å². The molecule has 1 atom stereocenters. The smallest absolute Gasteiger partial charge is 0.263 e. The van der Waals surface area contributed by atoms with E-state index in [2.05, 4.69) is 5.32 Å². The third kappa shape index (κ3) is 3.16. The van der Waals surface area contributed by atoms with Crippen LogP contribution in [-0.4, -0.2) is 19.0 Å². The van der Waals surface area contributed by atoms with Crippen LogP contribution >= 0.6 is 12.4 Å². The van der Waals surface area contributed by atoms with Crippen molar-refractivity contribution in [3.05, 3.63) is 35.9 Å². The number of halogens is 3. The second-order valence-electron chi connectivity index (χ2n) is 4.11. The summed E-state index contributed by atoms with van der Waals surface area (Å²) in [6.45, 7) is 0.525. The van der Waals surface area contributed by atoms with E-state index in [0.29, 0.717) is 19.4 Å². The van der Waals surface area contributed by atoms with Gasteiger partial charge in [0.1, 0.15) is 0 Å². The molecule has 0 aromatic heterocycles. The van der Waals surface area contributed by atoms with Crippen LogP contribution < -0.4 is 5.32 Å². The van der Waals surface area contributed by atoms with Gasteiger partial charge in [0.15, 0.2) is 0 Å². The Hall–Kier alpha value is -0.670. The van der Waals surface area contributed by atoms with Crippen molar-refractivity contribution in [3.63, 3.8) is 0 Å². The Balaban J connectivity index is 0.00000128. The Labute approximate surface area is 101 Å². The summed E-state index contributed by atoms with van der Waals surface area (Å²) in [5.41, 5.74) is 1.00. The molecule has 0 radical (unpaired) electrons. The molecule has 0 saturated carbocycles. The Bertz CT molecular complexity index is 316. The van der Waals surface area contributed by atoms with Crippen molar-refractivity contribution in [1.82, 2.24) is 5.32 Å². The fraction of sp³-hybridized carbons (Fsp3) is 0.500. The lowest BCUT2D eigenvalue weighted by Gasteiger charge is -2.31. The number of benzene rings is 1. The van der Waals surface area contributed by atoms with Crippen LogP contribution in [0.4, 0.5) is 8.78 Å². The van der Waals surface area contributed by atoms with Crippen LogP contribution in [-0.2, 0) is 6.42 Å². The molecule has 1 unspecified atom stereocenters. The zero-order valence-corrected chi connectivity index (χ0v) is 9.77. The first-order valence-corrected chi connectivity index (χ1v) is 5.31. The van der Waals surface area contributed by atoms with Crippen molar-refractivity contribution in [2.24, 2.45) is 5.92 Å². The van der Waals surface area contributed by atoms with Gasteiger partial charge in [0.05, 0.1) is 6.54 Å². The van der Waals surface area contributed by atoms with Crippen LogP contribution in [0.3, 0.4) is 0 Å². The minimum absolute atomic E-state index is 0. The Morgan fingerprint density at radius 2 is 1.94 bits per heavy atom. The molecule has 0 amide bonds. The van der Waals surface area contributed by atoms with Crippen LogP contribution in [0.5, 0.6) is 0 Å². The molecule has 0 aliphatic carbocycles. The van der Waals surface area contributed by atoms with E-state index in [4.69, 9.17) is 0 Å². The molecule has 1 saturated heterocycles. The third-order valence-corrected chi connectivity index (χ3v) is 2.95. The molecule has 90 valence electrons. The standard InChI is InChI=1S/C12H15F2N.ClH/c13-12(14)9-15-7-6-11(12)8-10-4-2-1-3-5-10;/h1-5,11,15H,6-9H2;1H. The molecule has 1 aliphatic heterocycles. The van der Waals surface area contributed by atoms with Gasteiger partial charge in [0.2, 0.25) is 0 Å². The van der Waals surface area contributed by atoms with E-state index in [0.717, 1.165) is 5.56 Å². The average molecular weight is 248 g/mol. The van der Waals surface area contributed by atoms with Crippen LogP contribution in [0.2, 0.25) is 0 Å². The van der Waals surface area contributed by atoms with Crippen LogP contribution in [0.25, 0.3) is 0 Å². The normalized spacial score (nSPS) is 23.5. The zero-order chi connectivity index (χ0) is 10.7. The van der Waals surface area contributed by atoms with Crippen molar-refractivity contribution in [2.75, 3.05) is 13.1 Å². The summed E-state index contributed by atoms with van der Waals surface area (Å²) in [5, 5.41) is 2.74. The highest BCUT2D eigenvalue weighted by Crippen LogP contribution is 2.31. The highest BCUT2D eigenvalue weighted by atomic mass is 35.5. The molecule has 1 fully saturated rings. The second-order valence-corrected chi connectivity index (χ2v) is 4.11. The minimum atomic E-state index is -2.56. The number of alkyl halides is 2. The summed E-state index contributed by atoms with van der Waals surface area (Å²) in [7, 11) is 0. The van der Waals surface area contributed by atoms with Gasteiger partial charge in [-0.2, -0.15) is 0 Å². The molecule has 4 heteroatoms. The van der Waals surface area contributed by atoms with Crippen LogP contribution in [0.15, 0.2) is 30.3 Å². The van der Waals surface area contributed by atoms with Crippen molar-refractivity contribution in [1.29, 1.82) is 0 Å². The lowest BCUT2D eigenvalue weighted by Crippen LogP contribution is -2.46. The molecule has 1 aliphatic rings.